The van der Waals surface area contributed by atoms with E-state index < -0.39 is 5.54 Å². The van der Waals surface area contributed by atoms with Crippen molar-refractivity contribution >= 4 is 5.91 Å². The van der Waals surface area contributed by atoms with Crippen molar-refractivity contribution in [3.8, 4) is 0 Å². The van der Waals surface area contributed by atoms with Crippen molar-refractivity contribution in [2.45, 2.75) is 65.5 Å². The summed E-state index contributed by atoms with van der Waals surface area (Å²) in [6.07, 6.45) is 2.58. The third kappa shape index (κ3) is 8.43. The molecule has 0 fully saturated rings. The van der Waals surface area contributed by atoms with Gasteiger partial charge in [0.05, 0.1) is 0 Å². The standard InChI is InChI=1S/C12H26N2O/c1-6-9(2)7-10(3)14-11(15)8-12(4,5)13/h9-10H,6-8,13H2,1-5H3,(H,14,15). The van der Waals surface area contributed by atoms with Crippen LogP contribution in [0.4, 0.5) is 0 Å². The summed E-state index contributed by atoms with van der Waals surface area (Å²) in [5.74, 6) is 0.712. The summed E-state index contributed by atoms with van der Waals surface area (Å²) in [4.78, 5) is 11.5. The number of amides is 1. The van der Waals surface area contributed by atoms with Gasteiger partial charge in [0.25, 0.3) is 0 Å². The van der Waals surface area contributed by atoms with Gasteiger partial charge in [-0.1, -0.05) is 20.3 Å². The van der Waals surface area contributed by atoms with Gasteiger partial charge < -0.3 is 11.1 Å². The number of hydrogen-bond acceptors (Lipinski definition) is 2. The van der Waals surface area contributed by atoms with Crippen molar-refractivity contribution in [2.75, 3.05) is 0 Å². The van der Waals surface area contributed by atoms with Crippen LogP contribution in [0.3, 0.4) is 0 Å². The lowest BCUT2D eigenvalue weighted by molar-refractivity contribution is -0.122. The van der Waals surface area contributed by atoms with Gasteiger partial charge >= 0.3 is 0 Å². The molecule has 3 N–H and O–H groups in total. The Morgan fingerprint density at radius 3 is 2.33 bits per heavy atom. The lowest BCUT2D eigenvalue weighted by atomic mass is 9.99. The molecule has 3 heteroatoms. The van der Waals surface area contributed by atoms with Gasteiger partial charge in [-0.05, 0) is 33.1 Å². The first-order valence-corrected chi connectivity index (χ1v) is 5.83. The average molecular weight is 214 g/mol. The van der Waals surface area contributed by atoms with E-state index in [2.05, 4.69) is 19.2 Å². The van der Waals surface area contributed by atoms with E-state index >= 15 is 0 Å². The van der Waals surface area contributed by atoms with Crippen molar-refractivity contribution in [1.29, 1.82) is 0 Å². The predicted molar refractivity (Wildman–Crippen MR) is 64.6 cm³/mol. The molecule has 15 heavy (non-hydrogen) atoms. The molecule has 0 aliphatic heterocycles. The fourth-order valence-corrected chi connectivity index (χ4v) is 1.57. The van der Waals surface area contributed by atoms with Gasteiger partial charge in [-0.2, -0.15) is 0 Å². The number of carbonyl (C=O) groups is 1. The Kier molecular flexibility index (Phi) is 5.88. The van der Waals surface area contributed by atoms with E-state index in [1.165, 1.54) is 0 Å². The maximum absolute atomic E-state index is 11.5. The molecule has 0 aromatic rings. The largest absolute Gasteiger partial charge is 0.354 e. The van der Waals surface area contributed by atoms with Crippen LogP contribution < -0.4 is 11.1 Å². The number of nitrogens with one attached hydrogen (secondary N) is 1. The van der Waals surface area contributed by atoms with Crippen molar-refractivity contribution in [2.24, 2.45) is 11.7 Å². The number of carbonyl (C=O) groups excluding carboxylic acids is 1. The van der Waals surface area contributed by atoms with Crippen LogP contribution in [0.1, 0.15) is 53.9 Å². The first-order chi connectivity index (χ1) is 6.74. The number of hydrogen-bond donors (Lipinski definition) is 2. The Labute approximate surface area is 93.8 Å². The Morgan fingerprint density at radius 2 is 1.93 bits per heavy atom. The van der Waals surface area contributed by atoms with E-state index in [0.717, 1.165) is 12.8 Å². The molecule has 1 amide bonds. The molecule has 0 saturated carbocycles. The topological polar surface area (TPSA) is 55.1 Å². The van der Waals surface area contributed by atoms with E-state index in [1.807, 2.05) is 20.8 Å². The molecular formula is C12H26N2O. The van der Waals surface area contributed by atoms with Gasteiger partial charge in [-0.25, -0.2) is 0 Å². The molecule has 0 aromatic carbocycles. The van der Waals surface area contributed by atoms with Gasteiger partial charge in [-0.15, -0.1) is 0 Å². The van der Waals surface area contributed by atoms with Gasteiger partial charge in [0.1, 0.15) is 0 Å². The van der Waals surface area contributed by atoms with Gasteiger partial charge in [0.2, 0.25) is 5.91 Å². The lowest BCUT2D eigenvalue weighted by Gasteiger charge is -2.21. The molecule has 2 atom stereocenters. The highest BCUT2D eigenvalue weighted by Crippen LogP contribution is 2.10. The quantitative estimate of drug-likeness (QED) is 0.711. The van der Waals surface area contributed by atoms with Gasteiger partial charge in [0, 0.05) is 18.0 Å². The van der Waals surface area contributed by atoms with Crippen LogP contribution in [0.2, 0.25) is 0 Å². The minimum Gasteiger partial charge on any atom is -0.354 e. The highest BCUT2D eigenvalue weighted by atomic mass is 16.1. The van der Waals surface area contributed by atoms with E-state index in [1.54, 1.807) is 0 Å². The molecule has 0 spiro atoms. The first-order valence-electron chi connectivity index (χ1n) is 5.83. The monoisotopic (exact) mass is 214 g/mol. The molecule has 0 radical (unpaired) electrons. The van der Waals surface area contributed by atoms with E-state index in [-0.39, 0.29) is 11.9 Å². The van der Waals surface area contributed by atoms with E-state index in [9.17, 15) is 4.79 Å². The van der Waals surface area contributed by atoms with Crippen molar-refractivity contribution < 1.29 is 4.79 Å². The highest BCUT2D eigenvalue weighted by molar-refractivity contribution is 5.77. The highest BCUT2D eigenvalue weighted by Gasteiger charge is 2.18. The number of rotatable bonds is 6. The molecular weight excluding hydrogens is 188 g/mol. The van der Waals surface area contributed by atoms with Crippen LogP contribution in [0.15, 0.2) is 0 Å². The molecule has 2 unspecified atom stereocenters. The summed E-state index contributed by atoms with van der Waals surface area (Å²) in [6.45, 7) is 10.2. The molecule has 0 bridgehead atoms. The smallest absolute Gasteiger partial charge is 0.222 e. The second-order valence-electron chi connectivity index (χ2n) is 5.38. The molecule has 0 heterocycles. The molecule has 0 aromatic heterocycles. The molecule has 90 valence electrons. The van der Waals surface area contributed by atoms with Crippen LogP contribution in [-0.4, -0.2) is 17.5 Å². The Bertz CT molecular complexity index is 196. The zero-order valence-corrected chi connectivity index (χ0v) is 10.8. The molecule has 0 rings (SSSR count). The normalized spacial score (nSPS) is 15.9. The Morgan fingerprint density at radius 1 is 1.40 bits per heavy atom. The van der Waals surface area contributed by atoms with Crippen LogP contribution in [0, 0.1) is 5.92 Å². The summed E-state index contributed by atoms with van der Waals surface area (Å²) in [6, 6.07) is 0.245. The minimum absolute atomic E-state index is 0.0540. The van der Waals surface area contributed by atoms with E-state index in [0.29, 0.717) is 12.3 Å². The van der Waals surface area contributed by atoms with Crippen LogP contribution in [-0.2, 0) is 4.79 Å². The summed E-state index contributed by atoms with van der Waals surface area (Å²) >= 11 is 0. The Balaban J connectivity index is 3.87. The summed E-state index contributed by atoms with van der Waals surface area (Å²) < 4.78 is 0. The van der Waals surface area contributed by atoms with Gasteiger partial charge in [0.15, 0.2) is 0 Å². The second kappa shape index (κ2) is 6.11. The zero-order valence-electron chi connectivity index (χ0n) is 10.8. The average Bonchev–Trinajstić information content (AvgIpc) is 1.99. The second-order valence-corrected chi connectivity index (χ2v) is 5.38. The van der Waals surface area contributed by atoms with Crippen LogP contribution in [0.25, 0.3) is 0 Å². The lowest BCUT2D eigenvalue weighted by Crippen LogP contribution is -2.42. The molecule has 0 saturated heterocycles. The van der Waals surface area contributed by atoms with Crippen molar-refractivity contribution in [3.63, 3.8) is 0 Å². The predicted octanol–water partition coefficient (Wildman–Crippen LogP) is 2.05. The van der Waals surface area contributed by atoms with Crippen molar-refractivity contribution in [3.05, 3.63) is 0 Å². The zero-order chi connectivity index (χ0) is 12.1. The maximum atomic E-state index is 11.5. The summed E-state index contributed by atoms with van der Waals surface area (Å²) in [5.41, 5.74) is 5.36. The molecule has 3 nitrogen and oxygen atoms in total. The summed E-state index contributed by atoms with van der Waals surface area (Å²) in [7, 11) is 0. The van der Waals surface area contributed by atoms with E-state index in [4.69, 9.17) is 5.73 Å². The van der Waals surface area contributed by atoms with Crippen LogP contribution >= 0.6 is 0 Å². The van der Waals surface area contributed by atoms with Gasteiger partial charge in [-0.3, -0.25) is 4.79 Å². The molecule has 0 aliphatic carbocycles. The molecule has 0 aliphatic rings. The first kappa shape index (κ1) is 14.4. The number of nitrogens with two attached hydrogens (primary N) is 1. The fourth-order valence-electron chi connectivity index (χ4n) is 1.57. The SMILES string of the molecule is CCC(C)CC(C)NC(=O)CC(C)(C)N. The van der Waals surface area contributed by atoms with Crippen LogP contribution in [0.5, 0.6) is 0 Å². The summed E-state index contributed by atoms with van der Waals surface area (Å²) in [5, 5.41) is 2.98. The maximum Gasteiger partial charge on any atom is 0.222 e. The third-order valence-corrected chi connectivity index (χ3v) is 2.48. The Hall–Kier alpha value is -0.570. The third-order valence-electron chi connectivity index (χ3n) is 2.48. The minimum atomic E-state index is -0.416. The fraction of sp³-hybridized carbons (Fsp3) is 0.917. The van der Waals surface area contributed by atoms with Crippen molar-refractivity contribution in [1.82, 2.24) is 5.32 Å².